The molecule has 2 N–H and O–H groups in total. The molecule has 1 aliphatic rings. The first-order valence-electron chi connectivity index (χ1n) is 8.17. The van der Waals surface area contributed by atoms with Gasteiger partial charge < -0.3 is 15.5 Å². The molecule has 5 nitrogen and oxygen atoms in total. The molecule has 0 spiro atoms. The molecule has 0 radical (unpaired) electrons. The fraction of sp³-hybridized carbons (Fsp3) is 0.333. The van der Waals surface area contributed by atoms with Crippen LogP contribution in [0.5, 0.6) is 0 Å². The van der Waals surface area contributed by atoms with Crippen LogP contribution >= 0.6 is 23.7 Å². The molecule has 1 aromatic carbocycles. The number of hydrogen-bond acceptors (Lipinski definition) is 4. The van der Waals surface area contributed by atoms with Gasteiger partial charge in [0.15, 0.2) is 0 Å². The van der Waals surface area contributed by atoms with Crippen LogP contribution in [0.15, 0.2) is 41.8 Å². The number of piperazine rings is 1. The Bertz CT molecular complexity index is 757. The van der Waals surface area contributed by atoms with E-state index in [0.717, 1.165) is 5.56 Å². The van der Waals surface area contributed by atoms with E-state index in [9.17, 15) is 14.0 Å². The molecule has 0 aliphatic carbocycles. The van der Waals surface area contributed by atoms with E-state index in [1.165, 1.54) is 23.5 Å². The first-order chi connectivity index (χ1) is 12.1. The summed E-state index contributed by atoms with van der Waals surface area (Å²) in [6, 6.07) is 8.91. The van der Waals surface area contributed by atoms with E-state index in [2.05, 4.69) is 10.6 Å². The van der Waals surface area contributed by atoms with Gasteiger partial charge in [-0.25, -0.2) is 4.39 Å². The topological polar surface area (TPSA) is 61.4 Å². The highest BCUT2D eigenvalue weighted by Gasteiger charge is 2.31. The molecule has 3 rings (SSSR count). The van der Waals surface area contributed by atoms with Crippen molar-refractivity contribution in [3.8, 4) is 0 Å². The first-order valence-corrected chi connectivity index (χ1v) is 9.05. The molecule has 2 amide bonds. The van der Waals surface area contributed by atoms with E-state index >= 15 is 0 Å². The van der Waals surface area contributed by atoms with Crippen LogP contribution in [0.25, 0.3) is 0 Å². The summed E-state index contributed by atoms with van der Waals surface area (Å²) >= 11 is 1.33. The molecule has 8 heteroatoms. The number of hydrogen-bond donors (Lipinski definition) is 2. The van der Waals surface area contributed by atoms with E-state index in [4.69, 9.17) is 0 Å². The minimum absolute atomic E-state index is 0. The number of amides is 2. The zero-order chi connectivity index (χ0) is 17.8. The molecule has 140 valence electrons. The van der Waals surface area contributed by atoms with Gasteiger partial charge in [-0.1, -0.05) is 18.2 Å². The van der Waals surface area contributed by atoms with Crippen LogP contribution in [0.4, 0.5) is 4.39 Å². The van der Waals surface area contributed by atoms with Gasteiger partial charge in [0.1, 0.15) is 11.9 Å². The fourth-order valence-corrected chi connectivity index (χ4v) is 3.59. The monoisotopic (exact) mass is 397 g/mol. The molecule has 26 heavy (non-hydrogen) atoms. The normalized spacial score (nSPS) is 17.9. The van der Waals surface area contributed by atoms with Crippen molar-refractivity contribution in [3.63, 3.8) is 0 Å². The molecule has 1 aromatic heterocycles. The van der Waals surface area contributed by atoms with Gasteiger partial charge in [0.05, 0.1) is 10.9 Å². The lowest BCUT2D eigenvalue weighted by Crippen LogP contribution is -2.54. The van der Waals surface area contributed by atoms with Crippen molar-refractivity contribution in [2.45, 2.75) is 19.0 Å². The van der Waals surface area contributed by atoms with Crippen LogP contribution in [-0.2, 0) is 4.79 Å². The third-order valence-electron chi connectivity index (χ3n) is 4.22. The van der Waals surface area contributed by atoms with Crippen molar-refractivity contribution < 1.29 is 14.0 Å². The van der Waals surface area contributed by atoms with Crippen LogP contribution in [0.3, 0.4) is 0 Å². The average molecular weight is 398 g/mol. The number of benzene rings is 1. The van der Waals surface area contributed by atoms with Crippen molar-refractivity contribution in [1.29, 1.82) is 0 Å². The predicted molar refractivity (Wildman–Crippen MR) is 102 cm³/mol. The van der Waals surface area contributed by atoms with Crippen LogP contribution in [-0.4, -0.2) is 42.4 Å². The Morgan fingerprint density at radius 3 is 2.85 bits per heavy atom. The number of nitrogens with zero attached hydrogens (tertiary/aromatic N) is 1. The van der Waals surface area contributed by atoms with Gasteiger partial charge in [0.25, 0.3) is 5.91 Å². The molecule has 1 aliphatic heterocycles. The van der Waals surface area contributed by atoms with E-state index in [0.29, 0.717) is 24.5 Å². The van der Waals surface area contributed by atoms with Gasteiger partial charge in [-0.2, -0.15) is 0 Å². The Morgan fingerprint density at radius 1 is 1.35 bits per heavy atom. The highest BCUT2D eigenvalue weighted by Crippen LogP contribution is 2.23. The maximum absolute atomic E-state index is 13.6. The molecule has 2 unspecified atom stereocenters. The molecule has 2 atom stereocenters. The molecule has 1 fully saturated rings. The van der Waals surface area contributed by atoms with Crippen LogP contribution in [0.1, 0.15) is 28.2 Å². The van der Waals surface area contributed by atoms with Gasteiger partial charge in [-0.3, -0.25) is 9.59 Å². The maximum atomic E-state index is 13.6. The van der Waals surface area contributed by atoms with E-state index in [-0.39, 0.29) is 36.1 Å². The van der Waals surface area contributed by atoms with Gasteiger partial charge in [-0.15, -0.1) is 23.7 Å². The SMILES string of the molecule is CC(NC(=O)c1cccs1)C(=O)N1CCNCC1c1cccc(F)c1.Cl. The van der Waals surface area contributed by atoms with Crippen LogP contribution in [0, 0.1) is 5.82 Å². The number of rotatable bonds is 4. The fourth-order valence-electron chi connectivity index (χ4n) is 2.97. The molecule has 2 aromatic rings. The third-order valence-corrected chi connectivity index (χ3v) is 5.09. The quantitative estimate of drug-likeness (QED) is 0.833. The molecule has 2 heterocycles. The predicted octanol–water partition coefficient (Wildman–Crippen LogP) is 2.60. The summed E-state index contributed by atoms with van der Waals surface area (Å²) in [5, 5.41) is 7.80. The van der Waals surface area contributed by atoms with Gasteiger partial charge in [0, 0.05) is 19.6 Å². The Labute approximate surface area is 162 Å². The summed E-state index contributed by atoms with van der Waals surface area (Å²) in [7, 11) is 0. The first kappa shape index (κ1) is 20.4. The van der Waals surface area contributed by atoms with Crippen molar-refractivity contribution in [2.75, 3.05) is 19.6 Å². The number of nitrogens with one attached hydrogen (secondary N) is 2. The van der Waals surface area contributed by atoms with E-state index in [1.807, 2.05) is 11.4 Å². The number of carbonyl (C=O) groups excluding carboxylic acids is 2. The molecule has 1 saturated heterocycles. The summed E-state index contributed by atoms with van der Waals surface area (Å²) in [5.74, 6) is -0.747. The molecule has 0 bridgehead atoms. The molecular formula is C18H21ClFN3O2S. The van der Waals surface area contributed by atoms with Crippen molar-refractivity contribution in [3.05, 3.63) is 58.0 Å². The summed E-state index contributed by atoms with van der Waals surface area (Å²) < 4.78 is 13.6. The summed E-state index contributed by atoms with van der Waals surface area (Å²) in [5.41, 5.74) is 0.748. The maximum Gasteiger partial charge on any atom is 0.261 e. The van der Waals surface area contributed by atoms with Gasteiger partial charge in [0.2, 0.25) is 5.91 Å². The Hall–Kier alpha value is -1.96. The van der Waals surface area contributed by atoms with Crippen molar-refractivity contribution >= 4 is 35.6 Å². The lowest BCUT2D eigenvalue weighted by Gasteiger charge is -2.38. The second kappa shape index (κ2) is 9.12. The van der Waals surface area contributed by atoms with Crippen molar-refractivity contribution in [1.82, 2.24) is 15.5 Å². The van der Waals surface area contributed by atoms with Crippen molar-refractivity contribution in [2.24, 2.45) is 0 Å². The Kier molecular flexibility index (Phi) is 7.14. The van der Waals surface area contributed by atoms with Gasteiger partial charge in [-0.05, 0) is 36.1 Å². The summed E-state index contributed by atoms with van der Waals surface area (Å²) in [4.78, 5) is 27.3. The van der Waals surface area contributed by atoms with E-state index in [1.54, 1.807) is 30.0 Å². The molecular weight excluding hydrogens is 377 g/mol. The highest BCUT2D eigenvalue weighted by atomic mass is 35.5. The Morgan fingerprint density at radius 2 is 2.15 bits per heavy atom. The smallest absolute Gasteiger partial charge is 0.261 e. The van der Waals surface area contributed by atoms with E-state index < -0.39 is 6.04 Å². The largest absolute Gasteiger partial charge is 0.340 e. The average Bonchev–Trinajstić information content (AvgIpc) is 3.16. The summed E-state index contributed by atoms with van der Waals surface area (Å²) in [6.07, 6.45) is 0. The zero-order valence-corrected chi connectivity index (χ0v) is 15.9. The van der Waals surface area contributed by atoms with Crippen LogP contribution < -0.4 is 10.6 Å². The zero-order valence-electron chi connectivity index (χ0n) is 14.3. The second-order valence-electron chi connectivity index (χ2n) is 5.98. The standard InChI is InChI=1S/C18H20FN3O2S.ClH/c1-12(21-17(23)16-6-3-9-25-16)18(24)22-8-7-20-11-15(22)13-4-2-5-14(19)10-13;/h2-6,9-10,12,15,20H,7-8,11H2,1H3,(H,21,23);1H. The highest BCUT2D eigenvalue weighted by molar-refractivity contribution is 7.12. The van der Waals surface area contributed by atoms with Gasteiger partial charge >= 0.3 is 0 Å². The van der Waals surface area contributed by atoms with Crippen LogP contribution in [0.2, 0.25) is 0 Å². The summed E-state index contributed by atoms with van der Waals surface area (Å²) in [6.45, 7) is 3.42. The number of halogens is 2. The third kappa shape index (κ3) is 4.60. The Balaban J connectivity index is 0.00000243. The number of thiophene rings is 1. The lowest BCUT2D eigenvalue weighted by molar-refractivity contribution is -0.136. The minimum Gasteiger partial charge on any atom is -0.340 e. The second-order valence-corrected chi connectivity index (χ2v) is 6.93. The molecule has 0 saturated carbocycles. The lowest BCUT2D eigenvalue weighted by atomic mass is 10.0. The number of carbonyl (C=O) groups is 2. The minimum atomic E-state index is -0.649.